The molecule has 1 amide bonds. The Kier molecular flexibility index (Phi) is 7.66. The van der Waals surface area contributed by atoms with Crippen molar-refractivity contribution >= 4 is 38.9 Å². The minimum atomic E-state index is -4.02. The first-order chi connectivity index (χ1) is 15.6. The molecule has 3 aromatic carbocycles. The lowest BCUT2D eigenvalue weighted by Gasteiger charge is -2.26. The van der Waals surface area contributed by atoms with Crippen LogP contribution in [0.15, 0.2) is 71.6 Å². The number of benzene rings is 3. The second-order valence-corrected chi connectivity index (χ2v) is 10.2. The van der Waals surface area contributed by atoms with Crippen molar-refractivity contribution in [2.45, 2.75) is 38.7 Å². The molecule has 174 valence electrons. The number of anilines is 2. The summed E-state index contributed by atoms with van der Waals surface area (Å²) in [6, 6.07) is 18.4. The fourth-order valence-corrected chi connectivity index (χ4v) is 4.87. The first kappa shape index (κ1) is 24.6. The molecule has 0 unspecified atom stereocenters. The van der Waals surface area contributed by atoms with Crippen LogP contribution in [0, 0.1) is 13.8 Å². The van der Waals surface area contributed by atoms with Crippen LogP contribution in [0.1, 0.15) is 25.0 Å². The number of halogens is 1. The van der Waals surface area contributed by atoms with Crippen LogP contribution in [0.4, 0.5) is 11.4 Å². The van der Waals surface area contributed by atoms with Gasteiger partial charge in [-0.15, -0.1) is 0 Å². The smallest absolute Gasteiger partial charge is 0.264 e. The number of nitrogens with zero attached hydrogens (tertiary/aromatic N) is 1. The minimum Gasteiger partial charge on any atom is -0.491 e. The molecule has 0 atom stereocenters. The fourth-order valence-electron chi connectivity index (χ4n) is 3.22. The Balaban J connectivity index is 1.90. The lowest BCUT2D eigenvalue weighted by Crippen LogP contribution is -2.38. The fraction of sp³-hybridized carbons (Fsp3) is 0.240. The number of rotatable bonds is 8. The van der Waals surface area contributed by atoms with Gasteiger partial charge in [0.05, 0.1) is 16.7 Å². The average Bonchev–Trinajstić information content (AvgIpc) is 2.75. The maximum absolute atomic E-state index is 13.5. The molecular weight excluding hydrogens is 460 g/mol. The van der Waals surface area contributed by atoms with Gasteiger partial charge in [0.25, 0.3) is 10.0 Å². The Labute approximate surface area is 200 Å². The van der Waals surface area contributed by atoms with Gasteiger partial charge in [-0.25, -0.2) is 8.42 Å². The van der Waals surface area contributed by atoms with Crippen molar-refractivity contribution in [1.29, 1.82) is 0 Å². The molecule has 0 spiro atoms. The molecule has 0 saturated carbocycles. The van der Waals surface area contributed by atoms with Crippen LogP contribution in [-0.4, -0.2) is 27.0 Å². The zero-order chi connectivity index (χ0) is 24.2. The molecule has 0 saturated heterocycles. The summed E-state index contributed by atoms with van der Waals surface area (Å²) in [5.41, 5.74) is 2.38. The Hall–Kier alpha value is -3.03. The number of nitrogens with one attached hydrogen (secondary N) is 1. The van der Waals surface area contributed by atoms with Gasteiger partial charge in [-0.1, -0.05) is 35.4 Å². The number of sulfonamides is 1. The Bertz CT molecular complexity index is 1220. The Morgan fingerprint density at radius 1 is 1.00 bits per heavy atom. The molecule has 0 heterocycles. The molecule has 0 aromatic heterocycles. The number of hydrogen-bond acceptors (Lipinski definition) is 4. The SMILES string of the molecule is Cc1ccc(S(=O)(=O)N(CC(=O)Nc2ccc(OC(C)C)cc2)c2cccc(Cl)c2C)cc1. The molecular formula is C25H27ClN2O4S. The van der Waals surface area contributed by atoms with Crippen LogP contribution in [0.2, 0.25) is 5.02 Å². The number of aryl methyl sites for hydroxylation is 1. The van der Waals surface area contributed by atoms with Gasteiger partial charge >= 0.3 is 0 Å². The van der Waals surface area contributed by atoms with E-state index in [0.717, 1.165) is 9.87 Å². The van der Waals surface area contributed by atoms with Crippen LogP contribution in [0.5, 0.6) is 5.75 Å². The van der Waals surface area contributed by atoms with E-state index in [1.165, 1.54) is 12.1 Å². The monoisotopic (exact) mass is 486 g/mol. The van der Waals surface area contributed by atoms with Gasteiger partial charge in [0, 0.05) is 10.7 Å². The van der Waals surface area contributed by atoms with Crippen molar-refractivity contribution in [3.63, 3.8) is 0 Å². The van der Waals surface area contributed by atoms with Gasteiger partial charge < -0.3 is 10.1 Å². The third kappa shape index (κ3) is 6.06. The van der Waals surface area contributed by atoms with E-state index in [1.807, 2.05) is 20.8 Å². The highest BCUT2D eigenvalue weighted by Crippen LogP contribution is 2.31. The first-order valence-electron chi connectivity index (χ1n) is 10.5. The van der Waals surface area contributed by atoms with Gasteiger partial charge in [0.15, 0.2) is 0 Å². The lowest BCUT2D eigenvalue weighted by atomic mass is 10.2. The molecule has 3 rings (SSSR count). The summed E-state index contributed by atoms with van der Waals surface area (Å²) in [4.78, 5) is 13.0. The molecule has 0 aliphatic rings. The summed E-state index contributed by atoms with van der Waals surface area (Å²) < 4.78 is 33.8. The van der Waals surface area contributed by atoms with E-state index in [1.54, 1.807) is 61.5 Å². The molecule has 33 heavy (non-hydrogen) atoms. The normalized spacial score (nSPS) is 11.3. The van der Waals surface area contributed by atoms with Gasteiger partial charge in [-0.05, 0) is 81.8 Å². The van der Waals surface area contributed by atoms with Crippen molar-refractivity contribution < 1.29 is 17.9 Å². The third-order valence-corrected chi connectivity index (χ3v) is 7.10. The summed E-state index contributed by atoms with van der Waals surface area (Å²) >= 11 is 6.26. The van der Waals surface area contributed by atoms with E-state index in [2.05, 4.69) is 5.32 Å². The zero-order valence-electron chi connectivity index (χ0n) is 19.0. The average molecular weight is 487 g/mol. The molecule has 1 N–H and O–H groups in total. The number of amides is 1. The maximum atomic E-state index is 13.5. The number of carbonyl (C=O) groups is 1. The summed E-state index contributed by atoms with van der Waals surface area (Å²) in [6.07, 6.45) is 0.0342. The van der Waals surface area contributed by atoms with Crippen LogP contribution in [0.3, 0.4) is 0 Å². The maximum Gasteiger partial charge on any atom is 0.264 e. The molecule has 0 aliphatic heterocycles. The molecule has 0 fully saturated rings. The van der Waals surface area contributed by atoms with E-state index in [0.29, 0.717) is 27.7 Å². The summed E-state index contributed by atoms with van der Waals surface area (Å²) in [7, 11) is -4.02. The zero-order valence-corrected chi connectivity index (χ0v) is 20.6. The van der Waals surface area contributed by atoms with Crippen molar-refractivity contribution in [2.75, 3.05) is 16.2 Å². The number of ether oxygens (including phenoxy) is 1. The van der Waals surface area contributed by atoms with Gasteiger partial charge in [0.2, 0.25) is 5.91 Å². The van der Waals surface area contributed by atoms with Crippen molar-refractivity contribution in [3.05, 3.63) is 82.9 Å². The topological polar surface area (TPSA) is 75.7 Å². The number of hydrogen-bond donors (Lipinski definition) is 1. The second kappa shape index (κ2) is 10.3. The Morgan fingerprint density at radius 2 is 1.64 bits per heavy atom. The predicted octanol–water partition coefficient (Wildman–Crippen LogP) is 5.58. The highest BCUT2D eigenvalue weighted by molar-refractivity contribution is 7.92. The van der Waals surface area contributed by atoms with Gasteiger partial charge in [-0.2, -0.15) is 0 Å². The molecule has 8 heteroatoms. The largest absolute Gasteiger partial charge is 0.491 e. The van der Waals surface area contributed by atoms with Crippen LogP contribution >= 0.6 is 11.6 Å². The van der Waals surface area contributed by atoms with Gasteiger partial charge in [-0.3, -0.25) is 9.10 Å². The summed E-state index contributed by atoms with van der Waals surface area (Å²) in [5, 5.41) is 3.17. The molecule has 6 nitrogen and oxygen atoms in total. The quantitative estimate of drug-likeness (QED) is 0.451. The highest BCUT2D eigenvalue weighted by atomic mass is 35.5. The van der Waals surface area contributed by atoms with Crippen molar-refractivity contribution in [1.82, 2.24) is 0 Å². The third-order valence-electron chi connectivity index (χ3n) is 4.91. The predicted molar refractivity (Wildman–Crippen MR) is 133 cm³/mol. The van der Waals surface area contributed by atoms with Crippen molar-refractivity contribution in [3.8, 4) is 5.75 Å². The standard InChI is InChI=1S/C25H27ClN2O4S/c1-17(2)32-21-12-10-20(11-13-21)27-25(29)16-28(24-7-5-6-23(26)19(24)4)33(30,31)22-14-8-18(3)9-15-22/h5-15,17H,16H2,1-4H3,(H,27,29). The molecule has 0 bridgehead atoms. The van der Waals surface area contributed by atoms with E-state index < -0.39 is 22.5 Å². The van der Waals surface area contributed by atoms with Gasteiger partial charge in [0.1, 0.15) is 12.3 Å². The second-order valence-electron chi connectivity index (χ2n) is 7.95. The molecule has 0 radical (unpaired) electrons. The van der Waals surface area contributed by atoms with E-state index in [-0.39, 0.29) is 11.0 Å². The van der Waals surface area contributed by atoms with E-state index in [9.17, 15) is 13.2 Å². The summed E-state index contributed by atoms with van der Waals surface area (Å²) in [5.74, 6) is 0.198. The van der Waals surface area contributed by atoms with Crippen LogP contribution in [-0.2, 0) is 14.8 Å². The van der Waals surface area contributed by atoms with E-state index in [4.69, 9.17) is 16.3 Å². The minimum absolute atomic E-state index is 0.0342. The molecule has 0 aliphatic carbocycles. The summed E-state index contributed by atoms with van der Waals surface area (Å²) in [6.45, 7) is 7.04. The van der Waals surface area contributed by atoms with Crippen LogP contribution < -0.4 is 14.4 Å². The van der Waals surface area contributed by atoms with Crippen LogP contribution in [0.25, 0.3) is 0 Å². The lowest BCUT2D eigenvalue weighted by molar-refractivity contribution is -0.114. The van der Waals surface area contributed by atoms with Crippen molar-refractivity contribution in [2.24, 2.45) is 0 Å². The highest BCUT2D eigenvalue weighted by Gasteiger charge is 2.28. The number of carbonyl (C=O) groups excluding carboxylic acids is 1. The Morgan fingerprint density at radius 3 is 2.24 bits per heavy atom. The van der Waals surface area contributed by atoms with E-state index >= 15 is 0 Å². The molecule has 3 aromatic rings. The first-order valence-corrected chi connectivity index (χ1v) is 12.3.